The summed E-state index contributed by atoms with van der Waals surface area (Å²) in [6.07, 6.45) is 1.04. The Morgan fingerprint density at radius 3 is 2.05 bits per heavy atom. The number of carbonyl (C=O) groups excluding carboxylic acids is 2. The first-order valence-corrected chi connectivity index (χ1v) is 6.60. The SMILES string of the molecule is CCCCOc1ccc(C(OC(C)=O)OC(C)=O)cc1. The van der Waals surface area contributed by atoms with E-state index in [1.54, 1.807) is 24.3 Å². The summed E-state index contributed by atoms with van der Waals surface area (Å²) in [5.74, 6) is -0.300. The molecule has 0 saturated carbocycles. The zero-order valence-electron chi connectivity index (χ0n) is 12.0. The van der Waals surface area contributed by atoms with Crippen molar-refractivity contribution in [2.45, 2.75) is 39.9 Å². The van der Waals surface area contributed by atoms with Crippen molar-refractivity contribution in [3.63, 3.8) is 0 Å². The Labute approximate surface area is 118 Å². The van der Waals surface area contributed by atoms with Crippen molar-refractivity contribution < 1.29 is 23.8 Å². The zero-order chi connectivity index (χ0) is 15.0. The number of hydrogen-bond donors (Lipinski definition) is 0. The van der Waals surface area contributed by atoms with E-state index in [4.69, 9.17) is 14.2 Å². The lowest BCUT2D eigenvalue weighted by molar-refractivity contribution is -0.186. The summed E-state index contributed by atoms with van der Waals surface area (Å²) >= 11 is 0. The minimum Gasteiger partial charge on any atom is -0.494 e. The quantitative estimate of drug-likeness (QED) is 0.436. The third-order valence-electron chi connectivity index (χ3n) is 2.46. The van der Waals surface area contributed by atoms with Gasteiger partial charge in [0.15, 0.2) is 0 Å². The van der Waals surface area contributed by atoms with Crippen LogP contribution in [0.15, 0.2) is 24.3 Å². The number of ether oxygens (including phenoxy) is 3. The van der Waals surface area contributed by atoms with Gasteiger partial charge in [-0.05, 0) is 30.7 Å². The van der Waals surface area contributed by atoms with E-state index in [0.717, 1.165) is 18.6 Å². The number of esters is 2. The van der Waals surface area contributed by atoms with E-state index in [1.807, 2.05) is 0 Å². The molecule has 0 fully saturated rings. The van der Waals surface area contributed by atoms with Crippen LogP contribution in [0.1, 0.15) is 45.5 Å². The summed E-state index contributed by atoms with van der Waals surface area (Å²) in [6.45, 7) is 5.28. The van der Waals surface area contributed by atoms with Crippen LogP contribution in [0.25, 0.3) is 0 Å². The highest BCUT2D eigenvalue weighted by Crippen LogP contribution is 2.22. The molecule has 1 rings (SSSR count). The van der Waals surface area contributed by atoms with Crippen LogP contribution in [0, 0.1) is 0 Å². The Hall–Kier alpha value is -2.04. The first-order chi connectivity index (χ1) is 9.52. The molecule has 1 aromatic rings. The molecule has 110 valence electrons. The maximum absolute atomic E-state index is 11.0. The van der Waals surface area contributed by atoms with Gasteiger partial charge in [-0.1, -0.05) is 13.3 Å². The maximum Gasteiger partial charge on any atom is 0.305 e. The number of hydrogen-bond acceptors (Lipinski definition) is 5. The molecular weight excluding hydrogens is 260 g/mol. The van der Waals surface area contributed by atoms with Gasteiger partial charge in [0.2, 0.25) is 0 Å². The molecule has 0 atom stereocenters. The monoisotopic (exact) mass is 280 g/mol. The average molecular weight is 280 g/mol. The number of rotatable bonds is 7. The molecule has 0 bridgehead atoms. The van der Waals surface area contributed by atoms with Gasteiger partial charge in [0, 0.05) is 19.4 Å². The van der Waals surface area contributed by atoms with Crippen molar-refractivity contribution in [3.05, 3.63) is 29.8 Å². The highest BCUT2D eigenvalue weighted by molar-refractivity contribution is 5.68. The van der Waals surface area contributed by atoms with Crippen molar-refractivity contribution in [2.24, 2.45) is 0 Å². The zero-order valence-corrected chi connectivity index (χ0v) is 12.0. The van der Waals surface area contributed by atoms with Crippen LogP contribution in [0.4, 0.5) is 0 Å². The van der Waals surface area contributed by atoms with Gasteiger partial charge in [0.05, 0.1) is 6.61 Å². The summed E-state index contributed by atoms with van der Waals surface area (Å²) in [4.78, 5) is 22.0. The number of benzene rings is 1. The summed E-state index contributed by atoms with van der Waals surface area (Å²) in [5.41, 5.74) is 0.582. The molecule has 0 unspecified atom stereocenters. The number of unbranched alkanes of at least 4 members (excludes halogenated alkanes) is 1. The Morgan fingerprint density at radius 2 is 1.60 bits per heavy atom. The second-order valence-electron chi connectivity index (χ2n) is 4.32. The molecule has 1 aromatic carbocycles. The first kappa shape index (κ1) is 16.0. The second-order valence-corrected chi connectivity index (χ2v) is 4.32. The fourth-order valence-corrected chi connectivity index (χ4v) is 1.52. The van der Waals surface area contributed by atoms with Gasteiger partial charge in [-0.3, -0.25) is 9.59 Å². The van der Waals surface area contributed by atoms with Crippen molar-refractivity contribution in [1.82, 2.24) is 0 Å². The molecule has 20 heavy (non-hydrogen) atoms. The second kappa shape index (κ2) is 8.19. The predicted octanol–water partition coefficient (Wildman–Crippen LogP) is 2.99. The van der Waals surface area contributed by atoms with Crippen LogP contribution in [-0.2, 0) is 19.1 Å². The van der Waals surface area contributed by atoms with Crippen LogP contribution in [0.5, 0.6) is 5.75 Å². The van der Waals surface area contributed by atoms with Crippen molar-refractivity contribution in [2.75, 3.05) is 6.61 Å². The molecule has 0 radical (unpaired) electrons. The lowest BCUT2D eigenvalue weighted by Gasteiger charge is -2.17. The first-order valence-electron chi connectivity index (χ1n) is 6.60. The smallest absolute Gasteiger partial charge is 0.305 e. The molecule has 5 nitrogen and oxygen atoms in total. The van der Waals surface area contributed by atoms with Crippen LogP contribution >= 0.6 is 0 Å². The predicted molar refractivity (Wildman–Crippen MR) is 73.1 cm³/mol. The van der Waals surface area contributed by atoms with Gasteiger partial charge in [0.1, 0.15) is 5.75 Å². The Balaban J connectivity index is 2.71. The molecule has 0 aliphatic rings. The summed E-state index contributed by atoms with van der Waals surface area (Å²) < 4.78 is 15.5. The lowest BCUT2D eigenvalue weighted by Crippen LogP contribution is -2.14. The van der Waals surface area contributed by atoms with Crippen LogP contribution in [0.2, 0.25) is 0 Å². The van der Waals surface area contributed by atoms with E-state index in [0.29, 0.717) is 12.2 Å². The van der Waals surface area contributed by atoms with E-state index in [9.17, 15) is 9.59 Å². The molecule has 0 heterocycles. The molecule has 0 aliphatic carbocycles. The summed E-state index contributed by atoms with van der Waals surface area (Å²) in [5, 5.41) is 0. The lowest BCUT2D eigenvalue weighted by atomic mass is 10.2. The minimum atomic E-state index is -1.02. The molecule has 5 heteroatoms. The Morgan fingerprint density at radius 1 is 1.05 bits per heavy atom. The van der Waals surface area contributed by atoms with Gasteiger partial charge in [-0.15, -0.1) is 0 Å². The summed E-state index contributed by atoms with van der Waals surface area (Å²) in [6, 6.07) is 6.92. The van der Waals surface area contributed by atoms with Gasteiger partial charge in [0.25, 0.3) is 6.29 Å². The standard InChI is InChI=1S/C15H20O5/c1-4-5-10-18-14-8-6-13(7-9-14)15(19-11(2)16)20-12(3)17/h6-9,15H,4-5,10H2,1-3H3. The molecular formula is C15H20O5. The molecule has 0 aromatic heterocycles. The van der Waals surface area contributed by atoms with E-state index >= 15 is 0 Å². The molecule has 0 N–H and O–H groups in total. The van der Waals surface area contributed by atoms with Crippen molar-refractivity contribution in [1.29, 1.82) is 0 Å². The fraction of sp³-hybridized carbons (Fsp3) is 0.467. The topological polar surface area (TPSA) is 61.8 Å². The Bertz CT molecular complexity index is 422. The molecule has 0 spiro atoms. The third kappa shape index (κ3) is 5.73. The van der Waals surface area contributed by atoms with Gasteiger partial charge in [-0.25, -0.2) is 0 Å². The van der Waals surface area contributed by atoms with E-state index in [-0.39, 0.29) is 0 Å². The normalized spacial score (nSPS) is 10.2. The van der Waals surface area contributed by atoms with Crippen molar-refractivity contribution in [3.8, 4) is 5.75 Å². The average Bonchev–Trinajstić information content (AvgIpc) is 2.38. The third-order valence-corrected chi connectivity index (χ3v) is 2.46. The maximum atomic E-state index is 11.0. The van der Waals surface area contributed by atoms with Gasteiger partial charge >= 0.3 is 11.9 Å². The highest BCUT2D eigenvalue weighted by atomic mass is 16.7. The van der Waals surface area contributed by atoms with Crippen LogP contribution in [0.3, 0.4) is 0 Å². The summed E-state index contributed by atoms with van der Waals surface area (Å²) in [7, 11) is 0. The fourth-order valence-electron chi connectivity index (χ4n) is 1.52. The molecule has 0 amide bonds. The van der Waals surface area contributed by atoms with E-state index in [1.165, 1.54) is 13.8 Å². The van der Waals surface area contributed by atoms with Crippen molar-refractivity contribution >= 4 is 11.9 Å². The van der Waals surface area contributed by atoms with E-state index in [2.05, 4.69) is 6.92 Å². The largest absolute Gasteiger partial charge is 0.494 e. The molecule has 0 aliphatic heterocycles. The highest BCUT2D eigenvalue weighted by Gasteiger charge is 2.17. The molecule has 0 saturated heterocycles. The van der Waals surface area contributed by atoms with Crippen LogP contribution in [-0.4, -0.2) is 18.5 Å². The minimum absolute atomic E-state index is 0.514. The van der Waals surface area contributed by atoms with E-state index < -0.39 is 18.2 Å². The van der Waals surface area contributed by atoms with Crippen LogP contribution < -0.4 is 4.74 Å². The Kier molecular flexibility index (Phi) is 6.56. The van der Waals surface area contributed by atoms with Gasteiger partial charge in [-0.2, -0.15) is 0 Å². The number of carbonyl (C=O) groups is 2. The van der Waals surface area contributed by atoms with Gasteiger partial charge < -0.3 is 14.2 Å².